The molecule has 6 heteroatoms. The summed E-state index contributed by atoms with van der Waals surface area (Å²) in [7, 11) is 3.28. The number of methoxy groups -OCH3 is 2. The predicted octanol–water partition coefficient (Wildman–Crippen LogP) is 4.28. The van der Waals surface area contributed by atoms with Crippen LogP contribution in [-0.2, 0) is 6.42 Å². The normalized spacial score (nSPS) is 10.1. The van der Waals surface area contributed by atoms with Crippen LogP contribution in [-0.4, -0.2) is 25.9 Å². The molecule has 0 aliphatic rings. The first kappa shape index (κ1) is 18.4. The number of halogens is 1. The summed E-state index contributed by atoms with van der Waals surface area (Å²) in [5.74, 6) is 1.56. The van der Waals surface area contributed by atoms with Gasteiger partial charge in [-0.1, -0.05) is 29.8 Å². The van der Waals surface area contributed by atoms with Crippen molar-refractivity contribution in [1.82, 2.24) is 5.32 Å². The molecule has 2 aromatic rings. The van der Waals surface area contributed by atoms with E-state index in [1.165, 1.54) is 5.56 Å². The molecule has 0 bridgehead atoms. The zero-order valence-corrected chi connectivity index (χ0v) is 15.3. The Morgan fingerprint density at radius 1 is 1.08 bits per heavy atom. The van der Waals surface area contributed by atoms with Gasteiger partial charge >= 0.3 is 0 Å². The highest BCUT2D eigenvalue weighted by atomic mass is 35.5. The third-order valence-electron chi connectivity index (χ3n) is 3.51. The minimum absolute atomic E-state index is 0.543. The molecule has 0 saturated heterocycles. The second-order valence-electron chi connectivity index (χ2n) is 5.15. The van der Waals surface area contributed by atoms with Crippen molar-refractivity contribution in [1.29, 1.82) is 0 Å². The number of aryl methyl sites for hydroxylation is 1. The highest BCUT2D eigenvalue weighted by Crippen LogP contribution is 2.27. The van der Waals surface area contributed by atoms with E-state index in [0.29, 0.717) is 15.9 Å². The lowest BCUT2D eigenvalue weighted by Gasteiger charge is -2.12. The van der Waals surface area contributed by atoms with Crippen molar-refractivity contribution in [2.24, 2.45) is 0 Å². The third-order valence-corrected chi connectivity index (χ3v) is 4.05. The van der Waals surface area contributed by atoms with Crippen molar-refractivity contribution in [3.63, 3.8) is 0 Å². The smallest absolute Gasteiger partial charge is 0.170 e. The number of para-hydroxylation sites is 1. The van der Waals surface area contributed by atoms with E-state index in [1.807, 2.05) is 24.3 Å². The first-order chi connectivity index (χ1) is 11.6. The lowest BCUT2D eigenvalue weighted by molar-refractivity contribution is 0.409. The van der Waals surface area contributed by atoms with E-state index in [2.05, 4.69) is 16.7 Å². The summed E-state index contributed by atoms with van der Waals surface area (Å²) in [6.07, 6.45) is 1.87. The largest absolute Gasteiger partial charge is 0.496 e. The van der Waals surface area contributed by atoms with E-state index in [9.17, 15) is 0 Å². The lowest BCUT2D eigenvalue weighted by atomic mass is 10.1. The molecule has 0 aliphatic carbocycles. The Balaban J connectivity index is 1.76. The summed E-state index contributed by atoms with van der Waals surface area (Å²) < 4.78 is 10.5. The molecule has 0 aliphatic heterocycles. The summed E-state index contributed by atoms with van der Waals surface area (Å²) in [6.45, 7) is 0.772. The van der Waals surface area contributed by atoms with Crippen molar-refractivity contribution >= 4 is 34.6 Å². The standard InChI is InChI=1S/C18H21ClN2O2S/c1-22-16-8-4-3-6-13(16)7-5-11-20-18(24)21-14-9-10-17(23-2)15(19)12-14/h3-4,6,8-10,12H,5,7,11H2,1-2H3,(H2,20,21,24). The average Bonchev–Trinajstić information content (AvgIpc) is 2.59. The molecule has 0 amide bonds. The van der Waals surface area contributed by atoms with E-state index >= 15 is 0 Å². The molecule has 2 rings (SSSR count). The summed E-state index contributed by atoms with van der Waals surface area (Å²) in [5, 5.41) is 7.41. The maximum absolute atomic E-state index is 6.10. The van der Waals surface area contributed by atoms with Crippen molar-refractivity contribution in [3.05, 3.63) is 53.1 Å². The SMILES string of the molecule is COc1ccc(NC(=S)NCCCc2ccccc2OC)cc1Cl. The van der Waals surface area contributed by atoms with Gasteiger partial charge in [0.05, 0.1) is 19.2 Å². The Kier molecular flexibility index (Phi) is 7.15. The van der Waals surface area contributed by atoms with E-state index in [4.69, 9.17) is 33.3 Å². The van der Waals surface area contributed by atoms with Crippen LogP contribution in [0.1, 0.15) is 12.0 Å². The van der Waals surface area contributed by atoms with Crippen molar-refractivity contribution in [2.45, 2.75) is 12.8 Å². The van der Waals surface area contributed by atoms with E-state index < -0.39 is 0 Å². The average molecular weight is 365 g/mol. The van der Waals surface area contributed by atoms with E-state index in [0.717, 1.165) is 30.8 Å². The number of ether oxygens (including phenoxy) is 2. The van der Waals surface area contributed by atoms with Crippen LogP contribution in [0.5, 0.6) is 11.5 Å². The van der Waals surface area contributed by atoms with Gasteiger partial charge in [0.2, 0.25) is 0 Å². The molecule has 2 aromatic carbocycles. The van der Waals surface area contributed by atoms with Crippen LogP contribution in [0.25, 0.3) is 0 Å². The molecule has 0 saturated carbocycles. The molecule has 0 heterocycles. The highest BCUT2D eigenvalue weighted by Gasteiger charge is 2.04. The van der Waals surface area contributed by atoms with Crippen LogP contribution < -0.4 is 20.1 Å². The van der Waals surface area contributed by atoms with Gasteiger partial charge in [0.25, 0.3) is 0 Å². The summed E-state index contributed by atoms with van der Waals surface area (Å²) in [6, 6.07) is 13.5. The molecule has 0 aromatic heterocycles. The van der Waals surface area contributed by atoms with Gasteiger partial charge in [-0.15, -0.1) is 0 Å². The van der Waals surface area contributed by atoms with Crippen molar-refractivity contribution in [3.8, 4) is 11.5 Å². The van der Waals surface area contributed by atoms with Crippen LogP contribution >= 0.6 is 23.8 Å². The molecular weight excluding hydrogens is 344 g/mol. The topological polar surface area (TPSA) is 42.5 Å². The molecule has 0 fully saturated rings. The fourth-order valence-electron chi connectivity index (χ4n) is 2.31. The Bertz CT molecular complexity index is 694. The zero-order chi connectivity index (χ0) is 17.4. The molecule has 4 nitrogen and oxygen atoms in total. The molecule has 0 atom stereocenters. The number of thiocarbonyl (C=S) groups is 1. The van der Waals surface area contributed by atoms with Crippen LogP contribution in [0, 0.1) is 0 Å². The molecule has 0 radical (unpaired) electrons. The van der Waals surface area contributed by atoms with Gasteiger partial charge in [-0.05, 0) is 54.9 Å². The first-order valence-corrected chi connectivity index (χ1v) is 8.43. The van der Waals surface area contributed by atoms with Crippen molar-refractivity contribution in [2.75, 3.05) is 26.1 Å². The monoisotopic (exact) mass is 364 g/mol. The number of nitrogens with one attached hydrogen (secondary N) is 2. The lowest BCUT2D eigenvalue weighted by Crippen LogP contribution is -2.29. The van der Waals surface area contributed by atoms with Crippen LogP contribution in [0.15, 0.2) is 42.5 Å². The van der Waals surface area contributed by atoms with Crippen LogP contribution in [0.4, 0.5) is 5.69 Å². The molecule has 128 valence electrons. The van der Waals surface area contributed by atoms with Gasteiger partial charge in [-0.25, -0.2) is 0 Å². The van der Waals surface area contributed by atoms with E-state index in [-0.39, 0.29) is 0 Å². The molecule has 0 spiro atoms. The number of hydrogen-bond acceptors (Lipinski definition) is 3. The summed E-state index contributed by atoms with van der Waals surface area (Å²) >= 11 is 11.4. The number of rotatable bonds is 7. The molecular formula is C18H21ClN2O2S. The van der Waals surface area contributed by atoms with Gasteiger partial charge in [-0.3, -0.25) is 0 Å². The van der Waals surface area contributed by atoms with Gasteiger partial charge < -0.3 is 20.1 Å². The van der Waals surface area contributed by atoms with Crippen molar-refractivity contribution < 1.29 is 9.47 Å². The fourth-order valence-corrected chi connectivity index (χ4v) is 2.79. The predicted molar refractivity (Wildman–Crippen MR) is 104 cm³/mol. The number of anilines is 1. The maximum Gasteiger partial charge on any atom is 0.170 e. The van der Waals surface area contributed by atoms with E-state index in [1.54, 1.807) is 26.4 Å². The quantitative estimate of drug-likeness (QED) is 0.567. The molecule has 2 N–H and O–H groups in total. The van der Waals surface area contributed by atoms with Crippen LogP contribution in [0.3, 0.4) is 0 Å². The minimum Gasteiger partial charge on any atom is -0.496 e. The molecule has 24 heavy (non-hydrogen) atoms. The second-order valence-corrected chi connectivity index (χ2v) is 5.96. The highest BCUT2D eigenvalue weighted by molar-refractivity contribution is 7.80. The first-order valence-electron chi connectivity index (χ1n) is 7.64. The van der Waals surface area contributed by atoms with Gasteiger partial charge in [0.1, 0.15) is 11.5 Å². The Hall–Kier alpha value is -1.98. The summed E-state index contributed by atoms with van der Waals surface area (Å²) in [4.78, 5) is 0. The summed E-state index contributed by atoms with van der Waals surface area (Å²) in [5.41, 5.74) is 2.02. The zero-order valence-electron chi connectivity index (χ0n) is 13.8. The van der Waals surface area contributed by atoms with Gasteiger partial charge in [0, 0.05) is 12.2 Å². The fraction of sp³-hybridized carbons (Fsp3) is 0.278. The Labute approximate surface area is 153 Å². The number of hydrogen-bond donors (Lipinski definition) is 2. The van der Waals surface area contributed by atoms with Crippen LogP contribution in [0.2, 0.25) is 5.02 Å². The minimum atomic E-state index is 0.543. The Morgan fingerprint density at radius 2 is 1.83 bits per heavy atom. The molecule has 0 unspecified atom stereocenters. The number of benzene rings is 2. The maximum atomic E-state index is 6.10. The second kappa shape index (κ2) is 9.35. The van der Waals surface area contributed by atoms with Gasteiger partial charge in [0.15, 0.2) is 5.11 Å². The Morgan fingerprint density at radius 3 is 2.54 bits per heavy atom. The van der Waals surface area contributed by atoms with Gasteiger partial charge in [-0.2, -0.15) is 0 Å². The third kappa shape index (κ3) is 5.28.